The number of pyridine rings is 1. The van der Waals surface area contributed by atoms with Crippen molar-refractivity contribution in [2.75, 3.05) is 11.9 Å². The lowest BCUT2D eigenvalue weighted by Crippen LogP contribution is -2.36. The molecule has 2 heterocycles. The van der Waals surface area contributed by atoms with Crippen LogP contribution in [0.2, 0.25) is 0 Å². The van der Waals surface area contributed by atoms with E-state index in [1.165, 1.54) is 29.1 Å². The van der Waals surface area contributed by atoms with Crippen LogP contribution < -0.4 is 5.32 Å². The molecule has 1 aliphatic heterocycles. The highest BCUT2D eigenvalue weighted by Crippen LogP contribution is 2.21. The number of hydrogen-bond acceptors (Lipinski definition) is 3. The molecule has 0 saturated carbocycles. The van der Waals surface area contributed by atoms with Crippen LogP contribution in [0.3, 0.4) is 0 Å². The van der Waals surface area contributed by atoms with E-state index >= 15 is 0 Å². The van der Waals surface area contributed by atoms with Gasteiger partial charge in [-0.15, -0.1) is 0 Å². The Balaban J connectivity index is 1.50. The predicted octanol–water partition coefficient (Wildman–Crippen LogP) is 4.15. The monoisotopic (exact) mass is 385 g/mol. The summed E-state index contributed by atoms with van der Waals surface area (Å²) in [4.78, 5) is 31.6. The molecule has 5 nitrogen and oxygen atoms in total. The molecular formula is C24H23N3O2. The second-order valence-corrected chi connectivity index (χ2v) is 7.46. The lowest BCUT2D eigenvalue weighted by molar-refractivity contribution is 0.0734. The van der Waals surface area contributed by atoms with Crippen molar-refractivity contribution in [1.82, 2.24) is 9.88 Å². The summed E-state index contributed by atoms with van der Waals surface area (Å²) in [6.07, 6.45) is 3.84. The topological polar surface area (TPSA) is 62.3 Å². The van der Waals surface area contributed by atoms with Gasteiger partial charge in [0.1, 0.15) is 0 Å². The first-order valence-electron chi connectivity index (χ1n) is 9.71. The Labute approximate surface area is 170 Å². The molecule has 2 amide bonds. The Morgan fingerprint density at radius 1 is 0.931 bits per heavy atom. The molecule has 1 aromatic heterocycles. The van der Waals surface area contributed by atoms with E-state index in [0.29, 0.717) is 24.2 Å². The molecule has 1 aliphatic rings. The summed E-state index contributed by atoms with van der Waals surface area (Å²) in [7, 11) is 0. The Morgan fingerprint density at radius 3 is 2.48 bits per heavy atom. The van der Waals surface area contributed by atoms with Gasteiger partial charge >= 0.3 is 0 Å². The van der Waals surface area contributed by atoms with Gasteiger partial charge in [0.25, 0.3) is 11.8 Å². The number of aryl methyl sites for hydroxylation is 2. The first kappa shape index (κ1) is 18.9. The lowest BCUT2D eigenvalue weighted by Gasteiger charge is -2.28. The van der Waals surface area contributed by atoms with Crippen LogP contribution in [0.5, 0.6) is 0 Å². The molecule has 2 aromatic carbocycles. The number of carbonyl (C=O) groups is 2. The minimum atomic E-state index is -0.278. The van der Waals surface area contributed by atoms with E-state index in [1.54, 1.807) is 6.07 Å². The molecule has 0 unspecified atom stereocenters. The van der Waals surface area contributed by atoms with Crippen LogP contribution >= 0.6 is 0 Å². The zero-order valence-corrected chi connectivity index (χ0v) is 16.6. The van der Waals surface area contributed by atoms with Crippen molar-refractivity contribution in [2.24, 2.45) is 0 Å². The number of nitrogens with one attached hydrogen (secondary N) is 1. The summed E-state index contributed by atoms with van der Waals surface area (Å²) >= 11 is 0. The average molecular weight is 385 g/mol. The summed E-state index contributed by atoms with van der Waals surface area (Å²) < 4.78 is 0. The number of amides is 2. The van der Waals surface area contributed by atoms with Crippen molar-refractivity contribution in [3.63, 3.8) is 0 Å². The van der Waals surface area contributed by atoms with Crippen molar-refractivity contribution in [3.05, 3.63) is 94.3 Å². The van der Waals surface area contributed by atoms with E-state index in [-0.39, 0.29) is 11.8 Å². The van der Waals surface area contributed by atoms with Gasteiger partial charge in [-0.25, -0.2) is 0 Å². The van der Waals surface area contributed by atoms with Crippen LogP contribution in [0.1, 0.15) is 43.0 Å². The summed E-state index contributed by atoms with van der Waals surface area (Å²) in [5.41, 5.74) is 6.25. The van der Waals surface area contributed by atoms with E-state index in [2.05, 4.69) is 22.4 Å². The average Bonchev–Trinajstić information content (AvgIpc) is 2.75. The fourth-order valence-electron chi connectivity index (χ4n) is 3.56. The quantitative estimate of drug-likeness (QED) is 0.737. The summed E-state index contributed by atoms with van der Waals surface area (Å²) in [6.45, 7) is 5.27. The van der Waals surface area contributed by atoms with Crippen LogP contribution in [-0.4, -0.2) is 28.2 Å². The molecule has 0 aliphatic carbocycles. The van der Waals surface area contributed by atoms with E-state index in [4.69, 9.17) is 0 Å². The second-order valence-electron chi connectivity index (χ2n) is 7.46. The first-order valence-corrected chi connectivity index (χ1v) is 9.71. The fraction of sp³-hybridized carbons (Fsp3) is 0.208. The lowest BCUT2D eigenvalue weighted by atomic mass is 9.99. The molecule has 3 aromatic rings. The molecule has 0 spiro atoms. The predicted molar refractivity (Wildman–Crippen MR) is 113 cm³/mol. The van der Waals surface area contributed by atoms with Gasteiger partial charge in [-0.2, -0.15) is 0 Å². The number of fused-ring (bicyclic) bond motifs is 1. The number of carbonyl (C=O) groups excluding carboxylic acids is 2. The van der Waals surface area contributed by atoms with Crippen LogP contribution in [0.15, 0.2) is 60.9 Å². The molecular weight excluding hydrogens is 362 g/mol. The van der Waals surface area contributed by atoms with Gasteiger partial charge in [0.2, 0.25) is 0 Å². The standard InChI is InChI=1S/C24H23N3O2/c1-16-7-8-22(11-17(16)2)26-23(28)20-12-21(14-25-13-20)24(29)27-10-9-18-5-3-4-6-19(18)15-27/h3-8,11-14H,9-10,15H2,1-2H3,(H,26,28). The molecule has 0 fully saturated rings. The highest BCUT2D eigenvalue weighted by atomic mass is 16.2. The van der Waals surface area contributed by atoms with E-state index in [1.807, 2.05) is 49.1 Å². The van der Waals surface area contributed by atoms with Crippen molar-refractivity contribution in [2.45, 2.75) is 26.8 Å². The van der Waals surface area contributed by atoms with E-state index < -0.39 is 0 Å². The Bertz CT molecular complexity index is 1090. The maximum atomic E-state index is 13.0. The molecule has 0 bridgehead atoms. The third-order valence-electron chi connectivity index (χ3n) is 5.43. The van der Waals surface area contributed by atoms with Gasteiger partial charge in [0.05, 0.1) is 11.1 Å². The zero-order chi connectivity index (χ0) is 20.4. The van der Waals surface area contributed by atoms with Crippen LogP contribution in [0, 0.1) is 13.8 Å². The molecule has 5 heteroatoms. The molecule has 29 heavy (non-hydrogen) atoms. The van der Waals surface area contributed by atoms with Gasteiger partial charge < -0.3 is 10.2 Å². The Morgan fingerprint density at radius 2 is 1.69 bits per heavy atom. The van der Waals surface area contributed by atoms with Crippen molar-refractivity contribution in [3.8, 4) is 0 Å². The van der Waals surface area contributed by atoms with Crippen LogP contribution in [0.25, 0.3) is 0 Å². The highest BCUT2D eigenvalue weighted by Gasteiger charge is 2.22. The van der Waals surface area contributed by atoms with Crippen LogP contribution in [0.4, 0.5) is 5.69 Å². The molecule has 0 atom stereocenters. The Hall–Kier alpha value is -3.47. The summed E-state index contributed by atoms with van der Waals surface area (Å²) in [5, 5.41) is 2.88. The van der Waals surface area contributed by atoms with Crippen molar-refractivity contribution >= 4 is 17.5 Å². The third kappa shape index (κ3) is 4.04. The number of rotatable bonds is 3. The van der Waals surface area contributed by atoms with Crippen LogP contribution in [-0.2, 0) is 13.0 Å². The first-order chi connectivity index (χ1) is 14.0. The largest absolute Gasteiger partial charge is 0.334 e. The molecule has 1 N–H and O–H groups in total. The van der Waals surface area contributed by atoms with E-state index in [9.17, 15) is 9.59 Å². The number of anilines is 1. The molecule has 4 rings (SSSR count). The molecule has 0 saturated heterocycles. The van der Waals surface area contributed by atoms with Gasteiger partial charge in [0, 0.05) is 31.2 Å². The summed E-state index contributed by atoms with van der Waals surface area (Å²) in [5.74, 6) is -0.382. The normalized spacial score (nSPS) is 13.0. The van der Waals surface area contributed by atoms with Gasteiger partial charge in [-0.05, 0) is 60.7 Å². The van der Waals surface area contributed by atoms with Gasteiger partial charge in [0.15, 0.2) is 0 Å². The second kappa shape index (κ2) is 7.87. The maximum Gasteiger partial charge on any atom is 0.257 e. The minimum Gasteiger partial charge on any atom is -0.334 e. The fourth-order valence-corrected chi connectivity index (χ4v) is 3.56. The van der Waals surface area contributed by atoms with Gasteiger partial charge in [-0.3, -0.25) is 14.6 Å². The third-order valence-corrected chi connectivity index (χ3v) is 5.43. The smallest absolute Gasteiger partial charge is 0.257 e. The zero-order valence-electron chi connectivity index (χ0n) is 16.6. The Kier molecular flexibility index (Phi) is 5.12. The van der Waals surface area contributed by atoms with E-state index in [0.717, 1.165) is 17.7 Å². The highest BCUT2D eigenvalue weighted by molar-refractivity contribution is 6.05. The maximum absolute atomic E-state index is 13.0. The van der Waals surface area contributed by atoms with Gasteiger partial charge in [-0.1, -0.05) is 30.3 Å². The number of benzene rings is 2. The number of nitrogens with zero attached hydrogens (tertiary/aromatic N) is 2. The number of aromatic nitrogens is 1. The van der Waals surface area contributed by atoms with Crippen molar-refractivity contribution < 1.29 is 9.59 Å². The minimum absolute atomic E-state index is 0.104. The SMILES string of the molecule is Cc1ccc(NC(=O)c2cncc(C(=O)N3CCc4ccccc4C3)c2)cc1C. The number of hydrogen-bond donors (Lipinski definition) is 1. The molecule has 0 radical (unpaired) electrons. The van der Waals surface area contributed by atoms with Crippen molar-refractivity contribution in [1.29, 1.82) is 0 Å². The molecule has 146 valence electrons. The summed E-state index contributed by atoms with van der Waals surface area (Å²) in [6, 6.07) is 15.6.